The van der Waals surface area contributed by atoms with Gasteiger partial charge in [-0.3, -0.25) is 9.48 Å². The van der Waals surface area contributed by atoms with Crippen molar-refractivity contribution in [2.24, 2.45) is 0 Å². The lowest BCUT2D eigenvalue weighted by Crippen LogP contribution is -2.39. The fourth-order valence-corrected chi connectivity index (χ4v) is 4.94. The predicted molar refractivity (Wildman–Crippen MR) is 94.3 cm³/mol. The van der Waals surface area contributed by atoms with E-state index in [0.717, 1.165) is 31.2 Å². The quantitative estimate of drug-likeness (QED) is 0.914. The van der Waals surface area contributed by atoms with Gasteiger partial charge in [-0.1, -0.05) is 0 Å². The number of thiophene rings is 1. The van der Waals surface area contributed by atoms with Crippen LogP contribution in [0.25, 0.3) is 0 Å². The molecule has 4 rings (SSSR count). The number of aromatic nitrogens is 2. The number of carboxylic acid groups (broad SMARTS) is 1. The smallest absolute Gasteiger partial charge is 0.338 e. The van der Waals surface area contributed by atoms with Crippen molar-refractivity contribution in [1.82, 2.24) is 14.7 Å². The van der Waals surface area contributed by atoms with Crippen LogP contribution >= 0.6 is 11.3 Å². The number of fused-ring (bicyclic) bond motifs is 1. The molecule has 2 aromatic rings. The molecule has 2 aliphatic rings. The maximum atomic E-state index is 12.9. The highest BCUT2D eigenvalue weighted by molar-refractivity contribution is 7.10. The van der Waals surface area contributed by atoms with Crippen LogP contribution in [0.4, 0.5) is 0 Å². The van der Waals surface area contributed by atoms with Crippen molar-refractivity contribution in [2.75, 3.05) is 13.1 Å². The summed E-state index contributed by atoms with van der Waals surface area (Å²) in [5.74, 6) is -0.800. The van der Waals surface area contributed by atoms with Crippen molar-refractivity contribution >= 4 is 23.2 Å². The van der Waals surface area contributed by atoms with Crippen LogP contribution in [-0.2, 0) is 12.8 Å². The third kappa shape index (κ3) is 3.08. The number of hydrogen-bond acceptors (Lipinski definition) is 4. The average molecular weight is 359 g/mol. The van der Waals surface area contributed by atoms with E-state index in [9.17, 15) is 9.59 Å². The van der Waals surface area contributed by atoms with Crippen LogP contribution < -0.4 is 0 Å². The number of piperidine rings is 1. The number of carbonyl (C=O) groups is 2. The Labute approximate surface area is 150 Å². The Hall–Kier alpha value is -2.15. The summed E-state index contributed by atoms with van der Waals surface area (Å²) in [6.07, 6.45) is 9.13. The molecule has 0 aromatic carbocycles. The van der Waals surface area contributed by atoms with Gasteiger partial charge >= 0.3 is 5.97 Å². The van der Waals surface area contributed by atoms with E-state index in [0.29, 0.717) is 13.1 Å². The first-order chi connectivity index (χ1) is 12.1. The van der Waals surface area contributed by atoms with Crippen molar-refractivity contribution in [3.05, 3.63) is 39.3 Å². The van der Waals surface area contributed by atoms with Gasteiger partial charge in [-0.25, -0.2) is 4.79 Å². The Kier molecular flexibility index (Phi) is 4.33. The molecule has 25 heavy (non-hydrogen) atoms. The van der Waals surface area contributed by atoms with Crippen molar-refractivity contribution in [3.8, 4) is 0 Å². The predicted octanol–water partition coefficient (Wildman–Crippen LogP) is 3.00. The number of aromatic carboxylic acids is 1. The van der Waals surface area contributed by atoms with Crippen LogP contribution in [0, 0.1) is 0 Å². The Morgan fingerprint density at radius 3 is 2.68 bits per heavy atom. The Balaban J connectivity index is 1.42. The summed E-state index contributed by atoms with van der Waals surface area (Å²) in [4.78, 5) is 27.2. The van der Waals surface area contributed by atoms with E-state index >= 15 is 0 Å². The third-order valence-corrected chi connectivity index (χ3v) is 6.35. The first kappa shape index (κ1) is 16.3. The lowest BCUT2D eigenvalue weighted by atomic mass is 9.95. The molecule has 6 nitrogen and oxygen atoms in total. The molecule has 3 heterocycles. The molecule has 1 fully saturated rings. The lowest BCUT2D eigenvalue weighted by Gasteiger charge is -2.32. The number of amides is 1. The van der Waals surface area contributed by atoms with Crippen LogP contribution in [0.1, 0.15) is 62.9 Å². The fourth-order valence-electron chi connectivity index (χ4n) is 3.83. The molecule has 1 saturated heterocycles. The van der Waals surface area contributed by atoms with Crippen molar-refractivity contribution in [2.45, 2.75) is 44.6 Å². The standard InChI is InChI=1S/C18H21N3O3S/c22-17(15-11-25-16-4-2-1-3-14(15)16)20-7-5-13(6-8-20)21-10-12(9-19-21)18(23)24/h9-11,13H,1-8H2,(H,23,24). The average Bonchev–Trinajstić information content (AvgIpc) is 3.29. The highest BCUT2D eigenvalue weighted by atomic mass is 32.1. The second kappa shape index (κ2) is 6.63. The zero-order valence-electron chi connectivity index (χ0n) is 14.0. The molecule has 0 atom stereocenters. The van der Waals surface area contributed by atoms with Gasteiger partial charge in [-0.15, -0.1) is 11.3 Å². The van der Waals surface area contributed by atoms with Crippen LogP contribution in [-0.4, -0.2) is 44.8 Å². The lowest BCUT2D eigenvalue weighted by molar-refractivity contribution is 0.0687. The van der Waals surface area contributed by atoms with Crippen LogP contribution in [0.2, 0.25) is 0 Å². The van der Waals surface area contributed by atoms with Gasteiger partial charge in [0.15, 0.2) is 0 Å². The number of likely N-dealkylation sites (tertiary alicyclic amines) is 1. The molecule has 0 saturated carbocycles. The minimum Gasteiger partial charge on any atom is -0.478 e. The summed E-state index contributed by atoms with van der Waals surface area (Å²) >= 11 is 1.73. The molecule has 7 heteroatoms. The van der Waals surface area contributed by atoms with Crippen molar-refractivity contribution < 1.29 is 14.7 Å². The molecule has 0 unspecified atom stereocenters. The zero-order chi connectivity index (χ0) is 17.4. The highest BCUT2D eigenvalue weighted by Gasteiger charge is 2.28. The van der Waals surface area contributed by atoms with Gasteiger partial charge in [-0.2, -0.15) is 5.10 Å². The van der Waals surface area contributed by atoms with E-state index in [-0.39, 0.29) is 17.5 Å². The van der Waals surface area contributed by atoms with E-state index in [1.54, 1.807) is 22.2 Å². The maximum absolute atomic E-state index is 12.9. The number of rotatable bonds is 3. The number of hydrogen-bond donors (Lipinski definition) is 1. The summed E-state index contributed by atoms with van der Waals surface area (Å²) in [7, 11) is 0. The minimum atomic E-state index is -0.957. The van der Waals surface area contributed by atoms with E-state index in [4.69, 9.17) is 5.11 Å². The zero-order valence-corrected chi connectivity index (χ0v) is 14.8. The second-order valence-electron chi connectivity index (χ2n) is 6.80. The number of carbonyl (C=O) groups excluding carboxylic acids is 1. The van der Waals surface area contributed by atoms with Crippen LogP contribution in [0.15, 0.2) is 17.8 Å². The summed E-state index contributed by atoms with van der Waals surface area (Å²) < 4.78 is 1.73. The van der Waals surface area contributed by atoms with Gasteiger partial charge in [-0.05, 0) is 44.1 Å². The summed E-state index contributed by atoms with van der Waals surface area (Å²) in [6, 6.07) is 0.161. The molecule has 132 valence electrons. The van der Waals surface area contributed by atoms with E-state index in [1.807, 2.05) is 10.3 Å². The molecular formula is C18H21N3O3S. The van der Waals surface area contributed by atoms with Gasteiger partial charge in [0.2, 0.25) is 0 Å². The molecule has 2 aromatic heterocycles. The first-order valence-corrected chi connectivity index (χ1v) is 9.67. The molecule has 1 aliphatic carbocycles. The number of carboxylic acids is 1. The van der Waals surface area contributed by atoms with Gasteiger partial charge in [0.1, 0.15) is 0 Å². The van der Waals surface area contributed by atoms with E-state index < -0.39 is 5.97 Å². The molecule has 0 bridgehead atoms. The Morgan fingerprint density at radius 2 is 1.96 bits per heavy atom. The third-order valence-electron chi connectivity index (χ3n) is 5.27. The highest BCUT2D eigenvalue weighted by Crippen LogP contribution is 2.32. The molecule has 1 N–H and O–H groups in total. The maximum Gasteiger partial charge on any atom is 0.338 e. The fraction of sp³-hybridized carbons (Fsp3) is 0.500. The SMILES string of the molecule is O=C(O)c1cnn(C2CCN(C(=O)c3csc4c3CCCC4)CC2)c1. The monoisotopic (exact) mass is 359 g/mol. The van der Waals surface area contributed by atoms with Crippen molar-refractivity contribution in [1.29, 1.82) is 0 Å². The van der Waals surface area contributed by atoms with Gasteiger partial charge < -0.3 is 10.0 Å². The second-order valence-corrected chi connectivity index (χ2v) is 7.76. The summed E-state index contributed by atoms with van der Waals surface area (Å²) in [6.45, 7) is 1.38. The van der Waals surface area contributed by atoms with Crippen LogP contribution in [0.5, 0.6) is 0 Å². The minimum absolute atomic E-state index is 0.157. The largest absolute Gasteiger partial charge is 0.478 e. The molecular weight excluding hydrogens is 338 g/mol. The first-order valence-electron chi connectivity index (χ1n) is 8.79. The summed E-state index contributed by atoms with van der Waals surface area (Å²) in [5.41, 5.74) is 2.40. The molecule has 1 amide bonds. The molecule has 0 radical (unpaired) electrons. The Morgan fingerprint density at radius 1 is 1.20 bits per heavy atom. The van der Waals surface area contributed by atoms with Gasteiger partial charge in [0, 0.05) is 29.5 Å². The normalized spacial score (nSPS) is 18.2. The molecule has 0 spiro atoms. The van der Waals surface area contributed by atoms with Gasteiger partial charge in [0.05, 0.1) is 23.4 Å². The summed E-state index contributed by atoms with van der Waals surface area (Å²) in [5, 5.41) is 15.2. The van der Waals surface area contributed by atoms with E-state index in [1.165, 1.54) is 29.5 Å². The van der Waals surface area contributed by atoms with Gasteiger partial charge in [0.25, 0.3) is 5.91 Å². The number of aryl methyl sites for hydroxylation is 1. The van der Waals surface area contributed by atoms with Crippen LogP contribution in [0.3, 0.4) is 0 Å². The van der Waals surface area contributed by atoms with Crippen molar-refractivity contribution in [3.63, 3.8) is 0 Å². The topological polar surface area (TPSA) is 75.4 Å². The number of nitrogens with zero attached hydrogens (tertiary/aromatic N) is 3. The molecule has 1 aliphatic heterocycles. The van der Waals surface area contributed by atoms with E-state index in [2.05, 4.69) is 5.10 Å². The Bertz CT molecular complexity index is 802.